The Labute approximate surface area is 132 Å². The summed E-state index contributed by atoms with van der Waals surface area (Å²) in [4.78, 5) is 15.7. The number of hydrogen-bond acceptors (Lipinski definition) is 3. The standard InChI is InChI=1S/C16H18BrNOS/c1-12(9-15-7-4-8-20-15)18(2)11-16(19)13-5-3-6-14(17)10-13/h3-8,10,12H,9,11H2,1-2H3. The molecule has 0 saturated heterocycles. The van der Waals surface area contributed by atoms with Gasteiger partial charge in [-0.2, -0.15) is 0 Å². The topological polar surface area (TPSA) is 20.3 Å². The summed E-state index contributed by atoms with van der Waals surface area (Å²) < 4.78 is 0.942. The van der Waals surface area contributed by atoms with Crippen LogP contribution in [0, 0.1) is 0 Å². The van der Waals surface area contributed by atoms with E-state index in [2.05, 4.69) is 45.3 Å². The number of ketones is 1. The van der Waals surface area contributed by atoms with E-state index in [9.17, 15) is 4.79 Å². The second kappa shape index (κ2) is 7.16. The molecular weight excluding hydrogens is 334 g/mol. The van der Waals surface area contributed by atoms with Crippen LogP contribution >= 0.6 is 27.3 Å². The third-order valence-corrected chi connectivity index (χ3v) is 4.76. The van der Waals surface area contributed by atoms with Gasteiger partial charge in [0.05, 0.1) is 6.54 Å². The van der Waals surface area contributed by atoms with Gasteiger partial charge >= 0.3 is 0 Å². The van der Waals surface area contributed by atoms with Crippen molar-refractivity contribution in [1.82, 2.24) is 4.90 Å². The molecule has 2 rings (SSSR count). The zero-order chi connectivity index (χ0) is 14.5. The van der Waals surface area contributed by atoms with Gasteiger partial charge in [-0.1, -0.05) is 34.1 Å². The number of thiophene rings is 1. The average molecular weight is 352 g/mol. The molecule has 0 spiro atoms. The van der Waals surface area contributed by atoms with E-state index in [1.807, 2.05) is 31.3 Å². The number of halogens is 1. The van der Waals surface area contributed by atoms with Gasteiger partial charge in [0.25, 0.3) is 0 Å². The van der Waals surface area contributed by atoms with Crippen LogP contribution in [-0.2, 0) is 6.42 Å². The van der Waals surface area contributed by atoms with E-state index in [1.54, 1.807) is 11.3 Å². The molecule has 1 aromatic heterocycles. The minimum absolute atomic E-state index is 0.159. The molecule has 0 bridgehead atoms. The number of nitrogens with zero attached hydrogens (tertiary/aromatic N) is 1. The monoisotopic (exact) mass is 351 g/mol. The molecule has 0 aliphatic carbocycles. The van der Waals surface area contributed by atoms with Gasteiger partial charge in [-0.15, -0.1) is 11.3 Å². The Kier molecular flexibility index (Phi) is 5.52. The molecule has 0 amide bonds. The minimum Gasteiger partial charge on any atom is -0.296 e. The van der Waals surface area contributed by atoms with Gasteiger partial charge in [-0.25, -0.2) is 0 Å². The van der Waals surface area contributed by atoms with Crippen LogP contribution in [0.15, 0.2) is 46.3 Å². The van der Waals surface area contributed by atoms with Crippen molar-refractivity contribution < 1.29 is 4.79 Å². The molecule has 0 radical (unpaired) electrons. The van der Waals surface area contributed by atoms with E-state index in [1.165, 1.54) is 4.88 Å². The highest BCUT2D eigenvalue weighted by molar-refractivity contribution is 9.10. The van der Waals surface area contributed by atoms with Crippen molar-refractivity contribution >= 4 is 33.0 Å². The second-order valence-corrected chi connectivity index (χ2v) is 6.93. The molecular formula is C16H18BrNOS. The predicted octanol–water partition coefficient (Wildman–Crippen LogP) is 4.26. The van der Waals surface area contributed by atoms with Crippen molar-refractivity contribution in [3.05, 3.63) is 56.7 Å². The van der Waals surface area contributed by atoms with Crippen LogP contribution in [0.3, 0.4) is 0 Å². The summed E-state index contributed by atoms with van der Waals surface area (Å²) in [6.07, 6.45) is 0.986. The molecule has 0 N–H and O–H groups in total. The van der Waals surface area contributed by atoms with Crippen molar-refractivity contribution in [1.29, 1.82) is 0 Å². The summed E-state index contributed by atoms with van der Waals surface area (Å²) in [5, 5.41) is 2.09. The van der Waals surface area contributed by atoms with Gasteiger partial charge in [0.1, 0.15) is 0 Å². The Morgan fingerprint density at radius 3 is 2.80 bits per heavy atom. The Bertz CT molecular complexity index is 568. The maximum atomic E-state index is 12.3. The van der Waals surface area contributed by atoms with Crippen LogP contribution < -0.4 is 0 Å². The van der Waals surface area contributed by atoms with E-state index in [0.717, 1.165) is 16.5 Å². The highest BCUT2D eigenvalue weighted by Crippen LogP contribution is 2.15. The Hall–Kier alpha value is -0.970. The van der Waals surface area contributed by atoms with Crippen LogP contribution in [0.25, 0.3) is 0 Å². The fourth-order valence-corrected chi connectivity index (χ4v) is 3.24. The third-order valence-electron chi connectivity index (χ3n) is 3.37. The van der Waals surface area contributed by atoms with Crippen molar-refractivity contribution in [3.63, 3.8) is 0 Å². The summed E-state index contributed by atoms with van der Waals surface area (Å²) in [7, 11) is 2.01. The Morgan fingerprint density at radius 2 is 2.15 bits per heavy atom. The quantitative estimate of drug-likeness (QED) is 0.724. The highest BCUT2D eigenvalue weighted by Gasteiger charge is 2.15. The summed E-state index contributed by atoms with van der Waals surface area (Å²) in [6.45, 7) is 2.61. The molecule has 0 saturated carbocycles. The molecule has 1 unspecified atom stereocenters. The fraction of sp³-hybridized carbons (Fsp3) is 0.312. The summed E-state index contributed by atoms with van der Waals surface area (Å²) in [5.74, 6) is 0.159. The van der Waals surface area contributed by atoms with Gasteiger partial charge in [-0.05, 0) is 44.0 Å². The van der Waals surface area contributed by atoms with Crippen molar-refractivity contribution in [2.75, 3.05) is 13.6 Å². The fourth-order valence-electron chi connectivity index (χ4n) is 2.01. The number of hydrogen-bond donors (Lipinski definition) is 0. The molecule has 20 heavy (non-hydrogen) atoms. The van der Waals surface area contributed by atoms with Gasteiger partial charge in [0, 0.05) is 21.0 Å². The number of benzene rings is 1. The lowest BCUT2D eigenvalue weighted by Crippen LogP contribution is -2.35. The Balaban J connectivity index is 1.93. The first-order valence-electron chi connectivity index (χ1n) is 6.57. The third kappa shape index (κ3) is 4.27. The van der Waals surface area contributed by atoms with E-state index < -0.39 is 0 Å². The maximum Gasteiger partial charge on any atom is 0.176 e. The number of likely N-dealkylation sites (N-methyl/N-ethyl adjacent to an activating group) is 1. The second-order valence-electron chi connectivity index (χ2n) is 4.98. The molecule has 0 aliphatic heterocycles. The first kappa shape index (κ1) is 15.4. The van der Waals surface area contributed by atoms with E-state index in [-0.39, 0.29) is 5.78 Å². The molecule has 1 atom stereocenters. The first-order chi connectivity index (χ1) is 9.56. The van der Waals surface area contributed by atoms with Gasteiger partial charge < -0.3 is 0 Å². The van der Waals surface area contributed by atoms with Crippen molar-refractivity contribution in [2.24, 2.45) is 0 Å². The molecule has 106 valence electrons. The normalized spacial score (nSPS) is 12.6. The number of rotatable bonds is 6. The van der Waals surface area contributed by atoms with E-state index >= 15 is 0 Å². The highest BCUT2D eigenvalue weighted by atomic mass is 79.9. The summed E-state index contributed by atoms with van der Waals surface area (Å²) in [5.41, 5.74) is 0.759. The molecule has 2 nitrogen and oxygen atoms in total. The SMILES string of the molecule is CC(Cc1cccs1)N(C)CC(=O)c1cccc(Br)c1. The Morgan fingerprint density at radius 1 is 1.35 bits per heavy atom. The average Bonchev–Trinajstić information content (AvgIpc) is 2.91. The van der Waals surface area contributed by atoms with Crippen LogP contribution in [0.5, 0.6) is 0 Å². The zero-order valence-electron chi connectivity index (χ0n) is 11.7. The number of Topliss-reactive ketones (excluding diaryl/α,β-unsaturated/α-hetero) is 1. The molecule has 1 aromatic carbocycles. The first-order valence-corrected chi connectivity index (χ1v) is 8.25. The van der Waals surface area contributed by atoms with Gasteiger partial charge in [-0.3, -0.25) is 9.69 Å². The summed E-state index contributed by atoms with van der Waals surface area (Å²) in [6, 6.07) is 12.1. The molecule has 2 aromatic rings. The van der Waals surface area contributed by atoms with Crippen molar-refractivity contribution in [3.8, 4) is 0 Å². The molecule has 0 fully saturated rings. The largest absolute Gasteiger partial charge is 0.296 e. The van der Waals surface area contributed by atoms with Crippen molar-refractivity contribution in [2.45, 2.75) is 19.4 Å². The van der Waals surface area contributed by atoms with E-state index in [4.69, 9.17) is 0 Å². The van der Waals surface area contributed by atoms with Gasteiger partial charge in [0.2, 0.25) is 0 Å². The number of carbonyl (C=O) groups is 1. The maximum absolute atomic E-state index is 12.3. The lowest BCUT2D eigenvalue weighted by Gasteiger charge is -2.23. The van der Waals surface area contributed by atoms with Crippen LogP contribution in [-0.4, -0.2) is 30.3 Å². The lowest BCUT2D eigenvalue weighted by atomic mass is 10.1. The predicted molar refractivity (Wildman–Crippen MR) is 88.6 cm³/mol. The minimum atomic E-state index is 0.159. The number of carbonyl (C=O) groups excluding carboxylic acids is 1. The van der Waals surface area contributed by atoms with E-state index in [0.29, 0.717) is 12.6 Å². The van der Waals surface area contributed by atoms with Crippen LogP contribution in [0.2, 0.25) is 0 Å². The lowest BCUT2D eigenvalue weighted by molar-refractivity contribution is 0.0924. The van der Waals surface area contributed by atoms with Gasteiger partial charge in [0.15, 0.2) is 5.78 Å². The smallest absolute Gasteiger partial charge is 0.176 e. The molecule has 0 aliphatic rings. The molecule has 1 heterocycles. The summed E-state index contributed by atoms with van der Waals surface area (Å²) >= 11 is 5.17. The van der Waals surface area contributed by atoms with Crippen LogP contribution in [0.1, 0.15) is 22.2 Å². The molecule has 4 heteroatoms. The zero-order valence-corrected chi connectivity index (χ0v) is 14.1. The van der Waals surface area contributed by atoms with Crippen LogP contribution in [0.4, 0.5) is 0 Å².